The number of nitrogens with one attached hydrogen (secondary N) is 1. The van der Waals surface area contributed by atoms with Gasteiger partial charge in [-0.2, -0.15) is 0 Å². The third kappa shape index (κ3) is 5.77. The molecule has 1 heterocycles. The summed E-state index contributed by atoms with van der Waals surface area (Å²) >= 11 is 1.74. The van der Waals surface area contributed by atoms with Crippen LogP contribution in [0.1, 0.15) is 28.3 Å². The molecule has 1 aromatic heterocycles. The zero-order valence-corrected chi connectivity index (χ0v) is 14.7. The van der Waals surface area contributed by atoms with Gasteiger partial charge in [0.1, 0.15) is 17.1 Å². The van der Waals surface area contributed by atoms with Crippen LogP contribution in [0.3, 0.4) is 0 Å². The minimum atomic E-state index is -0.542. The van der Waals surface area contributed by atoms with E-state index in [1.165, 1.54) is 4.90 Å². The molecule has 24 heavy (non-hydrogen) atoms. The number of carbonyl (C=O) groups excluding carboxylic acids is 2. The zero-order chi connectivity index (χ0) is 17.4. The summed E-state index contributed by atoms with van der Waals surface area (Å²) in [5.41, 5.74) is 0.361. The fourth-order valence-electron chi connectivity index (χ4n) is 2.10. The average Bonchev–Trinajstić information content (AvgIpc) is 2.92. The molecule has 0 aliphatic rings. The van der Waals surface area contributed by atoms with Gasteiger partial charge in [0, 0.05) is 11.4 Å². The maximum Gasteiger partial charge on any atom is 0.342 e. The summed E-state index contributed by atoms with van der Waals surface area (Å²) in [4.78, 5) is 24.7. The van der Waals surface area contributed by atoms with Crippen molar-refractivity contribution >= 4 is 23.6 Å². The van der Waals surface area contributed by atoms with Gasteiger partial charge in [-0.15, -0.1) is 11.8 Å². The monoisotopic (exact) mass is 347 g/mol. The lowest BCUT2D eigenvalue weighted by Crippen LogP contribution is -2.29. The van der Waals surface area contributed by atoms with Crippen molar-refractivity contribution in [1.82, 2.24) is 5.32 Å². The van der Waals surface area contributed by atoms with E-state index >= 15 is 0 Å². The number of ether oxygens (including phenoxy) is 1. The van der Waals surface area contributed by atoms with Gasteiger partial charge in [-0.1, -0.05) is 18.2 Å². The van der Waals surface area contributed by atoms with Gasteiger partial charge in [-0.25, -0.2) is 4.79 Å². The van der Waals surface area contributed by atoms with Gasteiger partial charge < -0.3 is 14.5 Å². The van der Waals surface area contributed by atoms with Crippen molar-refractivity contribution in [2.24, 2.45) is 0 Å². The Kier molecular flexibility index (Phi) is 6.93. The molecule has 128 valence electrons. The zero-order valence-electron chi connectivity index (χ0n) is 13.8. The first-order valence-electron chi connectivity index (χ1n) is 7.75. The number of esters is 1. The van der Waals surface area contributed by atoms with E-state index in [9.17, 15) is 9.59 Å². The van der Waals surface area contributed by atoms with Crippen molar-refractivity contribution in [2.45, 2.75) is 25.2 Å². The van der Waals surface area contributed by atoms with Crippen LogP contribution in [0.2, 0.25) is 0 Å². The summed E-state index contributed by atoms with van der Waals surface area (Å²) in [7, 11) is 0. The predicted octanol–water partition coefficient (Wildman–Crippen LogP) is 3.35. The van der Waals surface area contributed by atoms with Gasteiger partial charge in [0.25, 0.3) is 5.91 Å². The van der Waals surface area contributed by atoms with E-state index in [4.69, 9.17) is 9.15 Å². The fourth-order valence-corrected chi connectivity index (χ4v) is 2.97. The SMILES string of the molecule is Cc1cc(C(=O)OCC(=O)NCCCSc2ccccc2)c(C)o1. The van der Waals surface area contributed by atoms with Gasteiger partial charge in [0.2, 0.25) is 0 Å². The van der Waals surface area contributed by atoms with Crippen LogP contribution in [0.15, 0.2) is 45.7 Å². The summed E-state index contributed by atoms with van der Waals surface area (Å²) in [6, 6.07) is 11.7. The van der Waals surface area contributed by atoms with Crippen LogP contribution in [-0.4, -0.2) is 30.8 Å². The van der Waals surface area contributed by atoms with E-state index in [2.05, 4.69) is 17.4 Å². The van der Waals surface area contributed by atoms with Crippen LogP contribution in [-0.2, 0) is 9.53 Å². The van der Waals surface area contributed by atoms with E-state index in [1.807, 2.05) is 18.2 Å². The summed E-state index contributed by atoms with van der Waals surface area (Å²) in [6.45, 7) is 3.71. The highest BCUT2D eigenvalue weighted by Gasteiger charge is 2.16. The molecule has 0 atom stereocenters. The number of hydrogen-bond donors (Lipinski definition) is 1. The number of benzene rings is 1. The normalized spacial score (nSPS) is 10.4. The van der Waals surface area contributed by atoms with Crippen molar-refractivity contribution in [1.29, 1.82) is 0 Å². The quantitative estimate of drug-likeness (QED) is 0.450. The van der Waals surface area contributed by atoms with E-state index in [0.29, 0.717) is 23.6 Å². The van der Waals surface area contributed by atoms with Crippen molar-refractivity contribution in [3.05, 3.63) is 53.5 Å². The van der Waals surface area contributed by atoms with E-state index in [-0.39, 0.29) is 12.5 Å². The van der Waals surface area contributed by atoms with E-state index < -0.39 is 5.97 Å². The van der Waals surface area contributed by atoms with Gasteiger partial charge in [-0.05, 0) is 44.2 Å². The Bertz CT molecular complexity index is 682. The highest BCUT2D eigenvalue weighted by molar-refractivity contribution is 7.99. The Morgan fingerprint density at radius 2 is 1.96 bits per heavy atom. The van der Waals surface area contributed by atoms with E-state index in [1.54, 1.807) is 31.7 Å². The second kappa shape index (κ2) is 9.17. The first-order valence-corrected chi connectivity index (χ1v) is 8.73. The highest BCUT2D eigenvalue weighted by atomic mass is 32.2. The lowest BCUT2D eigenvalue weighted by molar-refractivity contribution is -0.124. The topological polar surface area (TPSA) is 68.5 Å². The van der Waals surface area contributed by atoms with Gasteiger partial charge in [-0.3, -0.25) is 4.79 Å². The minimum Gasteiger partial charge on any atom is -0.466 e. The summed E-state index contributed by atoms with van der Waals surface area (Å²) in [6.07, 6.45) is 0.847. The molecule has 0 bridgehead atoms. The molecule has 1 N–H and O–H groups in total. The molecule has 6 heteroatoms. The molecule has 2 rings (SSSR count). The number of carbonyl (C=O) groups is 2. The molecule has 2 aromatic rings. The molecule has 0 aliphatic carbocycles. The summed E-state index contributed by atoms with van der Waals surface area (Å²) < 4.78 is 10.3. The minimum absolute atomic E-state index is 0.283. The molecule has 1 aromatic carbocycles. The molecule has 0 saturated carbocycles. The van der Waals surface area contributed by atoms with Gasteiger partial charge in [0.15, 0.2) is 6.61 Å². The third-order valence-corrected chi connectivity index (χ3v) is 4.35. The smallest absolute Gasteiger partial charge is 0.342 e. The second-order valence-electron chi connectivity index (χ2n) is 5.27. The standard InChI is InChI=1S/C18H21NO4S/c1-13-11-16(14(2)23-13)18(21)22-12-17(20)19-9-6-10-24-15-7-4-3-5-8-15/h3-5,7-8,11H,6,9-10,12H2,1-2H3,(H,19,20). The van der Waals surface area contributed by atoms with Crippen molar-refractivity contribution < 1.29 is 18.7 Å². The average molecular weight is 347 g/mol. The van der Waals surface area contributed by atoms with Crippen LogP contribution < -0.4 is 5.32 Å². The molecule has 0 unspecified atom stereocenters. The van der Waals surface area contributed by atoms with Crippen LogP contribution in [0.25, 0.3) is 0 Å². The summed E-state index contributed by atoms with van der Waals surface area (Å²) in [5, 5.41) is 2.74. The van der Waals surface area contributed by atoms with E-state index in [0.717, 1.165) is 12.2 Å². The molecular formula is C18H21NO4S. The van der Waals surface area contributed by atoms with Gasteiger partial charge >= 0.3 is 5.97 Å². The maximum absolute atomic E-state index is 11.9. The predicted molar refractivity (Wildman–Crippen MR) is 93.3 cm³/mol. The number of furan rings is 1. The molecule has 0 spiro atoms. The molecule has 0 aliphatic heterocycles. The number of thioether (sulfide) groups is 1. The number of rotatable bonds is 8. The second-order valence-corrected chi connectivity index (χ2v) is 6.44. The largest absolute Gasteiger partial charge is 0.466 e. The van der Waals surface area contributed by atoms with Crippen molar-refractivity contribution in [3.63, 3.8) is 0 Å². The van der Waals surface area contributed by atoms with Crippen molar-refractivity contribution in [2.75, 3.05) is 18.9 Å². The molecule has 5 nitrogen and oxygen atoms in total. The molecule has 0 fully saturated rings. The maximum atomic E-state index is 11.9. The Morgan fingerprint density at radius 3 is 2.62 bits per heavy atom. The van der Waals surface area contributed by atoms with Crippen LogP contribution >= 0.6 is 11.8 Å². The van der Waals surface area contributed by atoms with Gasteiger partial charge in [0.05, 0.1) is 0 Å². The Morgan fingerprint density at radius 1 is 1.21 bits per heavy atom. The lowest BCUT2D eigenvalue weighted by Gasteiger charge is -2.06. The molecule has 1 amide bonds. The van der Waals surface area contributed by atoms with Crippen LogP contribution in [0.4, 0.5) is 0 Å². The highest BCUT2D eigenvalue weighted by Crippen LogP contribution is 2.17. The molecular weight excluding hydrogens is 326 g/mol. The first kappa shape index (κ1) is 18.1. The number of aryl methyl sites for hydroxylation is 2. The van der Waals surface area contributed by atoms with Crippen LogP contribution in [0, 0.1) is 13.8 Å². The third-order valence-electron chi connectivity index (χ3n) is 3.25. The Balaban J connectivity index is 1.60. The Labute approximate surface area is 145 Å². The Hall–Kier alpha value is -2.21. The fraction of sp³-hybridized carbons (Fsp3) is 0.333. The van der Waals surface area contributed by atoms with Crippen LogP contribution in [0.5, 0.6) is 0 Å². The first-order chi connectivity index (χ1) is 11.6. The molecule has 0 radical (unpaired) electrons. The number of amides is 1. The number of hydrogen-bond acceptors (Lipinski definition) is 5. The molecule has 0 saturated heterocycles. The summed E-state index contributed by atoms with van der Waals surface area (Å²) in [5.74, 6) is 1.21. The lowest BCUT2D eigenvalue weighted by atomic mass is 10.2. The van der Waals surface area contributed by atoms with Crippen molar-refractivity contribution in [3.8, 4) is 0 Å².